The average Bonchev–Trinajstić information content (AvgIpc) is 3.57. The number of carbonyl (C=O) groups is 1. The minimum atomic E-state index is 0.237. The Bertz CT molecular complexity index is 1400. The molecule has 0 radical (unpaired) electrons. The summed E-state index contributed by atoms with van der Waals surface area (Å²) in [7, 11) is 0. The topological polar surface area (TPSA) is 91.0 Å². The van der Waals surface area contributed by atoms with Crippen molar-refractivity contribution in [2.45, 2.75) is 12.8 Å². The zero-order chi connectivity index (χ0) is 23.8. The molecular formula is C26H27N7O2. The zero-order valence-electron chi connectivity index (χ0n) is 19.6. The van der Waals surface area contributed by atoms with Gasteiger partial charge in [-0.2, -0.15) is 4.98 Å². The summed E-state index contributed by atoms with van der Waals surface area (Å²) in [6.45, 7) is 9.05. The first-order chi connectivity index (χ1) is 17.2. The van der Waals surface area contributed by atoms with Crippen molar-refractivity contribution in [2.24, 2.45) is 4.99 Å². The molecular weight excluding hydrogens is 442 g/mol. The number of carbonyl (C=O) groups excluding carboxylic acids is 1. The van der Waals surface area contributed by atoms with Crippen molar-refractivity contribution in [1.29, 1.82) is 0 Å². The van der Waals surface area contributed by atoms with Crippen LogP contribution < -0.4 is 4.90 Å². The summed E-state index contributed by atoms with van der Waals surface area (Å²) in [6, 6.07) is 12.2. The Labute approximate surface area is 203 Å². The van der Waals surface area contributed by atoms with Gasteiger partial charge in [-0.3, -0.25) is 14.7 Å². The number of fused-ring (bicyclic) bond motifs is 2. The molecule has 2 aliphatic rings. The van der Waals surface area contributed by atoms with Crippen molar-refractivity contribution in [3.63, 3.8) is 0 Å². The molecule has 2 aromatic heterocycles. The average molecular weight is 470 g/mol. The van der Waals surface area contributed by atoms with E-state index in [0.717, 1.165) is 59.7 Å². The number of likely N-dealkylation sites (tertiary alicyclic amines) is 1. The summed E-state index contributed by atoms with van der Waals surface area (Å²) in [4.78, 5) is 36.8. The Kier molecular flexibility index (Phi) is 5.61. The number of nitrogens with zero attached hydrogens (tertiary/aromatic N) is 7. The lowest BCUT2D eigenvalue weighted by atomic mass is 10.0. The third kappa shape index (κ3) is 4.35. The molecule has 35 heavy (non-hydrogen) atoms. The SMILES string of the molecule is C=Nc1nc2cc(-c3ccc4ncc(N5CCN(C(=O)CN6CCCC6)CC5)nc4c3)ccc2o1. The molecule has 6 rings (SSSR count). The predicted octanol–water partition coefficient (Wildman–Crippen LogP) is 3.51. The van der Waals surface area contributed by atoms with Gasteiger partial charge in [0, 0.05) is 26.2 Å². The van der Waals surface area contributed by atoms with Crippen LogP contribution in [0.25, 0.3) is 33.3 Å². The van der Waals surface area contributed by atoms with Crippen LogP contribution in [-0.4, -0.2) is 83.2 Å². The standard InChI is InChI=1S/C26H27N7O2/c1-27-26-30-22-15-19(5-7-23(22)35-26)18-4-6-20-21(14-18)29-24(16-28-20)32-10-12-33(13-11-32)25(34)17-31-8-2-3-9-31/h4-7,14-16H,1-3,8-13,17H2. The molecule has 0 bridgehead atoms. The highest BCUT2D eigenvalue weighted by atomic mass is 16.4. The van der Waals surface area contributed by atoms with Gasteiger partial charge in [-0.05, 0) is 68.0 Å². The van der Waals surface area contributed by atoms with Crippen molar-refractivity contribution < 1.29 is 9.21 Å². The van der Waals surface area contributed by atoms with Crippen LogP contribution in [0.3, 0.4) is 0 Å². The Morgan fingerprint density at radius 1 is 0.914 bits per heavy atom. The van der Waals surface area contributed by atoms with Crippen molar-refractivity contribution in [1.82, 2.24) is 24.8 Å². The van der Waals surface area contributed by atoms with Crippen molar-refractivity contribution in [2.75, 3.05) is 50.7 Å². The molecule has 0 saturated carbocycles. The predicted molar refractivity (Wildman–Crippen MR) is 136 cm³/mol. The summed E-state index contributed by atoms with van der Waals surface area (Å²) in [6.07, 6.45) is 4.23. The lowest BCUT2D eigenvalue weighted by Crippen LogP contribution is -2.51. The summed E-state index contributed by atoms with van der Waals surface area (Å²) in [5.74, 6) is 1.08. The molecule has 4 aromatic rings. The van der Waals surface area contributed by atoms with E-state index in [1.54, 1.807) is 0 Å². The lowest BCUT2D eigenvalue weighted by molar-refractivity contribution is -0.132. The highest BCUT2D eigenvalue weighted by molar-refractivity contribution is 5.86. The maximum Gasteiger partial charge on any atom is 0.322 e. The third-order valence-corrected chi connectivity index (χ3v) is 6.89. The fraction of sp³-hybridized carbons (Fsp3) is 0.346. The van der Waals surface area contributed by atoms with Gasteiger partial charge in [0.15, 0.2) is 5.58 Å². The highest BCUT2D eigenvalue weighted by Crippen LogP contribution is 2.29. The lowest BCUT2D eigenvalue weighted by Gasteiger charge is -2.36. The van der Waals surface area contributed by atoms with E-state index in [-0.39, 0.29) is 11.9 Å². The quantitative estimate of drug-likeness (QED) is 0.413. The maximum absolute atomic E-state index is 12.7. The van der Waals surface area contributed by atoms with Crippen LogP contribution in [0.15, 0.2) is 52.0 Å². The van der Waals surface area contributed by atoms with E-state index in [1.165, 1.54) is 12.8 Å². The second-order valence-electron chi connectivity index (χ2n) is 9.12. The monoisotopic (exact) mass is 469 g/mol. The molecule has 178 valence electrons. The van der Waals surface area contributed by atoms with Crippen LogP contribution >= 0.6 is 0 Å². The minimum absolute atomic E-state index is 0.237. The van der Waals surface area contributed by atoms with E-state index in [0.29, 0.717) is 25.2 Å². The maximum atomic E-state index is 12.7. The van der Waals surface area contributed by atoms with Crippen molar-refractivity contribution >= 4 is 46.6 Å². The van der Waals surface area contributed by atoms with Crippen LogP contribution in [0.2, 0.25) is 0 Å². The Balaban J connectivity index is 1.18. The molecule has 2 saturated heterocycles. The first kappa shape index (κ1) is 21.7. The van der Waals surface area contributed by atoms with Gasteiger partial charge in [-0.1, -0.05) is 12.1 Å². The molecule has 9 nitrogen and oxygen atoms in total. The molecule has 0 atom stereocenters. The number of anilines is 1. The second kappa shape index (κ2) is 9.07. The highest BCUT2D eigenvalue weighted by Gasteiger charge is 2.24. The number of rotatable bonds is 5. The Morgan fingerprint density at radius 3 is 2.43 bits per heavy atom. The number of aromatic nitrogens is 3. The first-order valence-corrected chi connectivity index (χ1v) is 12.1. The first-order valence-electron chi connectivity index (χ1n) is 12.1. The van der Waals surface area contributed by atoms with Crippen molar-refractivity contribution in [3.8, 4) is 11.1 Å². The van der Waals surface area contributed by atoms with Gasteiger partial charge >= 0.3 is 6.01 Å². The largest absolute Gasteiger partial charge is 0.422 e. The van der Waals surface area contributed by atoms with E-state index in [4.69, 9.17) is 9.40 Å². The van der Waals surface area contributed by atoms with E-state index in [9.17, 15) is 4.79 Å². The number of hydrogen-bond donors (Lipinski definition) is 0. The van der Waals surface area contributed by atoms with Crippen molar-refractivity contribution in [3.05, 3.63) is 42.6 Å². The molecule has 4 heterocycles. The summed E-state index contributed by atoms with van der Waals surface area (Å²) in [5.41, 5.74) is 5.14. The number of piperazine rings is 1. The zero-order valence-corrected chi connectivity index (χ0v) is 19.6. The smallest absolute Gasteiger partial charge is 0.322 e. The van der Waals surface area contributed by atoms with Gasteiger partial charge in [0.2, 0.25) is 5.91 Å². The molecule has 0 spiro atoms. The second-order valence-corrected chi connectivity index (χ2v) is 9.12. The van der Waals surface area contributed by atoms with Gasteiger partial charge in [0.05, 0.1) is 23.8 Å². The van der Waals surface area contributed by atoms with E-state index < -0.39 is 0 Å². The van der Waals surface area contributed by atoms with Gasteiger partial charge in [-0.25, -0.2) is 9.98 Å². The summed E-state index contributed by atoms with van der Waals surface area (Å²) in [5, 5.41) is 0. The summed E-state index contributed by atoms with van der Waals surface area (Å²) >= 11 is 0. The van der Waals surface area contributed by atoms with Crippen LogP contribution in [-0.2, 0) is 4.79 Å². The normalized spacial score (nSPS) is 16.9. The number of aliphatic imine (C=N–C) groups is 1. The number of amides is 1. The van der Waals surface area contributed by atoms with Gasteiger partial charge in [0.1, 0.15) is 11.3 Å². The Hall–Kier alpha value is -3.85. The minimum Gasteiger partial charge on any atom is -0.422 e. The van der Waals surface area contributed by atoms with Crippen LogP contribution in [0.5, 0.6) is 0 Å². The van der Waals surface area contributed by atoms with Gasteiger partial charge in [0.25, 0.3) is 0 Å². The number of benzene rings is 2. The van der Waals surface area contributed by atoms with Crippen LogP contribution in [0.1, 0.15) is 12.8 Å². The molecule has 2 aromatic carbocycles. The fourth-order valence-corrected chi connectivity index (χ4v) is 4.91. The summed E-state index contributed by atoms with van der Waals surface area (Å²) < 4.78 is 5.52. The fourth-order valence-electron chi connectivity index (χ4n) is 4.91. The number of oxazole rings is 1. The molecule has 0 aliphatic carbocycles. The van der Waals surface area contributed by atoms with E-state index in [2.05, 4.69) is 37.5 Å². The van der Waals surface area contributed by atoms with Crippen LogP contribution in [0.4, 0.5) is 11.8 Å². The molecule has 2 aliphatic heterocycles. The van der Waals surface area contributed by atoms with Gasteiger partial charge in [-0.15, -0.1) is 0 Å². The van der Waals surface area contributed by atoms with E-state index >= 15 is 0 Å². The Morgan fingerprint density at radius 2 is 1.66 bits per heavy atom. The third-order valence-electron chi connectivity index (χ3n) is 6.89. The molecule has 0 N–H and O–H groups in total. The number of hydrogen-bond acceptors (Lipinski definition) is 8. The molecule has 0 unspecified atom stereocenters. The molecule has 1 amide bonds. The van der Waals surface area contributed by atoms with Crippen LogP contribution in [0, 0.1) is 0 Å². The van der Waals surface area contributed by atoms with E-state index in [1.807, 2.05) is 41.4 Å². The molecule has 2 fully saturated rings. The molecule has 9 heteroatoms. The van der Waals surface area contributed by atoms with Gasteiger partial charge < -0.3 is 14.2 Å².